The van der Waals surface area contributed by atoms with Crippen LogP contribution in [0.4, 0.5) is 11.6 Å². The predicted octanol–water partition coefficient (Wildman–Crippen LogP) is 3.11. The van der Waals surface area contributed by atoms with Gasteiger partial charge in [-0.3, -0.25) is 4.79 Å². The molecule has 0 unspecified atom stereocenters. The predicted molar refractivity (Wildman–Crippen MR) is 84.5 cm³/mol. The summed E-state index contributed by atoms with van der Waals surface area (Å²) in [6.45, 7) is 7.03. The maximum absolute atomic E-state index is 12.1. The third kappa shape index (κ3) is 4.56. The van der Waals surface area contributed by atoms with Crippen LogP contribution in [0, 0.1) is 12.8 Å². The quantitative estimate of drug-likeness (QED) is 0.885. The van der Waals surface area contributed by atoms with Gasteiger partial charge in [-0.2, -0.15) is 0 Å². The van der Waals surface area contributed by atoms with Crippen molar-refractivity contribution in [3.05, 3.63) is 47.5 Å². The van der Waals surface area contributed by atoms with Gasteiger partial charge < -0.3 is 10.6 Å². The molecule has 0 radical (unpaired) electrons. The Kier molecular flexibility index (Phi) is 4.87. The molecule has 0 aliphatic rings. The van der Waals surface area contributed by atoms with E-state index in [9.17, 15) is 4.79 Å². The van der Waals surface area contributed by atoms with Gasteiger partial charge in [-0.15, -0.1) is 10.2 Å². The minimum atomic E-state index is -0.184. The van der Waals surface area contributed by atoms with E-state index in [0.29, 0.717) is 23.1 Å². The second-order valence-corrected chi connectivity index (χ2v) is 5.40. The molecule has 0 fully saturated rings. The Balaban J connectivity index is 1.98. The Morgan fingerprint density at radius 3 is 2.48 bits per heavy atom. The number of benzene rings is 1. The van der Waals surface area contributed by atoms with Crippen LogP contribution in [-0.2, 0) is 0 Å². The lowest BCUT2D eigenvalue weighted by atomic mass is 10.1. The van der Waals surface area contributed by atoms with E-state index in [1.54, 1.807) is 18.2 Å². The fourth-order valence-corrected chi connectivity index (χ4v) is 1.78. The fraction of sp³-hybridized carbons (Fsp3) is 0.312. The van der Waals surface area contributed by atoms with Crippen LogP contribution in [0.5, 0.6) is 0 Å². The monoisotopic (exact) mass is 284 g/mol. The molecule has 5 heteroatoms. The van der Waals surface area contributed by atoms with Gasteiger partial charge in [0.05, 0.1) is 0 Å². The normalized spacial score (nSPS) is 10.5. The number of hydrogen-bond acceptors (Lipinski definition) is 4. The van der Waals surface area contributed by atoms with Crippen LogP contribution in [0.15, 0.2) is 36.4 Å². The molecule has 0 atom stereocenters. The van der Waals surface area contributed by atoms with E-state index in [-0.39, 0.29) is 5.91 Å². The fourth-order valence-electron chi connectivity index (χ4n) is 1.78. The number of nitrogens with zero attached hydrogens (tertiary/aromatic N) is 2. The second-order valence-electron chi connectivity index (χ2n) is 5.40. The zero-order valence-corrected chi connectivity index (χ0v) is 12.6. The molecule has 1 aromatic carbocycles. The summed E-state index contributed by atoms with van der Waals surface area (Å²) in [5.41, 5.74) is 1.65. The Bertz CT molecular complexity index is 608. The van der Waals surface area contributed by atoms with Gasteiger partial charge in [0, 0.05) is 12.1 Å². The largest absolute Gasteiger partial charge is 0.368 e. The van der Waals surface area contributed by atoms with Crippen LogP contribution < -0.4 is 10.6 Å². The van der Waals surface area contributed by atoms with Gasteiger partial charge in [-0.25, -0.2) is 0 Å². The molecule has 1 amide bonds. The van der Waals surface area contributed by atoms with Crippen LogP contribution in [0.3, 0.4) is 0 Å². The van der Waals surface area contributed by atoms with E-state index in [4.69, 9.17) is 0 Å². The SMILES string of the molecule is Cc1cccc(C(=O)Nc2ccc(NCC(C)C)nn2)c1. The molecule has 110 valence electrons. The van der Waals surface area contributed by atoms with Crippen molar-refractivity contribution in [1.82, 2.24) is 10.2 Å². The highest BCUT2D eigenvalue weighted by molar-refractivity contribution is 6.03. The minimum Gasteiger partial charge on any atom is -0.368 e. The summed E-state index contributed by atoms with van der Waals surface area (Å²) < 4.78 is 0. The first kappa shape index (κ1) is 15.0. The average molecular weight is 284 g/mol. The van der Waals surface area contributed by atoms with Crippen molar-refractivity contribution in [1.29, 1.82) is 0 Å². The highest BCUT2D eigenvalue weighted by Crippen LogP contribution is 2.10. The summed E-state index contributed by atoms with van der Waals surface area (Å²) in [6.07, 6.45) is 0. The summed E-state index contributed by atoms with van der Waals surface area (Å²) in [7, 11) is 0. The van der Waals surface area contributed by atoms with E-state index in [0.717, 1.165) is 12.1 Å². The van der Waals surface area contributed by atoms with Crippen molar-refractivity contribution in [2.24, 2.45) is 5.92 Å². The minimum absolute atomic E-state index is 0.184. The van der Waals surface area contributed by atoms with E-state index < -0.39 is 0 Å². The third-order valence-corrected chi connectivity index (χ3v) is 2.88. The molecule has 0 spiro atoms. The Morgan fingerprint density at radius 2 is 1.86 bits per heavy atom. The van der Waals surface area contributed by atoms with Crippen LogP contribution in [0.25, 0.3) is 0 Å². The summed E-state index contributed by atoms with van der Waals surface area (Å²) in [5.74, 6) is 1.50. The van der Waals surface area contributed by atoms with Gasteiger partial charge in [0.25, 0.3) is 5.91 Å². The lowest BCUT2D eigenvalue weighted by Gasteiger charge is -2.08. The topological polar surface area (TPSA) is 66.9 Å². The standard InChI is InChI=1S/C16H20N4O/c1-11(2)10-17-14-7-8-15(20-19-14)18-16(21)13-6-4-5-12(3)9-13/h4-9,11H,10H2,1-3H3,(H,17,19)(H,18,20,21). The molecule has 2 rings (SSSR count). The van der Waals surface area contributed by atoms with Gasteiger partial charge in [0.15, 0.2) is 5.82 Å². The highest BCUT2D eigenvalue weighted by atomic mass is 16.1. The van der Waals surface area contributed by atoms with E-state index in [1.165, 1.54) is 0 Å². The lowest BCUT2D eigenvalue weighted by molar-refractivity contribution is 0.102. The van der Waals surface area contributed by atoms with E-state index >= 15 is 0 Å². The highest BCUT2D eigenvalue weighted by Gasteiger charge is 2.07. The number of carbonyl (C=O) groups excluding carboxylic acids is 1. The molecular formula is C16H20N4O. The number of aryl methyl sites for hydroxylation is 1. The molecule has 2 aromatic rings. The van der Waals surface area contributed by atoms with Gasteiger partial charge in [-0.1, -0.05) is 31.5 Å². The molecule has 0 bridgehead atoms. The van der Waals surface area contributed by atoms with Crippen molar-refractivity contribution in [3.63, 3.8) is 0 Å². The molecule has 2 N–H and O–H groups in total. The van der Waals surface area contributed by atoms with Crippen LogP contribution in [-0.4, -0.2) is 22.6 Å². The number of carbonyl (C=O) groups is 1. The first-order chi connectivity index (χ1) is 10.0. The molecule has 5 nitrogen and oxygen atoms in total. The number of hydrogen-bond donors (Lipinski definition) is 2. The maximum Gasteiger partial charge on any atom is 0.256 e. The maximum atomic E-state index is 12.1. The average Bonchev–Trinajstić information content (AvgIpc) is 2.46. The Hall–Kier alpha value is -2.43. The number of rotatable bonds is 5. The van der Waals surface area contributed by atoms with Crippen LogP contribution in [0.2, 0.25) is 0 Å². The summed E-state index contributed by atoms with van der Waals surface area (Å²) in [5, 5.41) is 14.0. The molecule has 21 heavy (non-hydrogen) atoms. The van der Waals surface area contributed by atoms with E-state index in [1.807, 2.05) is 25.1 Å². The van der Waals surface area contributed by atoms with Gasteiger partial charge in [0.1, 0.15) is 5.82 Å². The first-order valence-electron chi connectivity index (χ1n) is 7.00. The van der Waals surface area contributed by atoms with E-state index in [2.05, 4.69) is 34.7 Å². The molecule has 0 aliphatic carbocycles. The summed E-state index contributed by atoms with van der Waals surface area (Å²) >= 11 is 0. The van der Waals surface area contributed by atoms with Crippen LogP contribution in [0.1, 0.15) is 29.8 Å². The molecule has 0 saturated heterocycles. The van der Waals surface area contributed by atoms with Gasteiger partial charge in [0.2, 0.25) is 0 Å². The van der Waals surface area contributed by atoms with Crippen molar-refractivity contribution in [2.75, 3.05) is 17.2 Å². The molecule has 0 aliphatic heterocycles. The Morgan fingerprint density at radius 1 is 1.14 bits per heavy atom. The Labute approximate surface area is 124 Å². The zero-order chi connectivity index (χ0) is 15.2. The molecule has 1 heterocycles. The molecular weight excluding hydrogens is 264 g/mol. The van der Waals surface area contributed by atoms with Gasteiger partial charge >= 0.3 is 0 Å². The van der Waals surface area contributed by atoms with Crippen molar-refractivity contribution >= 4 is 17.5 Å². The lowest BCUT2D eigenvalue weighted by Crippen LogP contribution is -2.14. The van der Waals surface area contributed by atoms with Crippen molar-refractivity contribution in [2.45, 2.75) is 20.8 Å². The molecule has 1 aromatic heterocycles. The number of aromatic nitrogens is 2. The second kappa shape index (κ2) is 6.83. The summed E-state index contributed by atoms with van der Waals surface area (Å²) in [4.78, 5) is 12.1. The van der Waals surface area contributed by atoms with Crippen molar-refractivity contribution in [3.8, 4) is 0 Å². The van der Waals surface area contributed by atoms with Gasteiger partial charge in [-0.05, 0) is 37.1 Å². The summed E-state index contributed by atoms with van der Waals surface area (Å²) in [6, 6.07) is 11.0. The number of anilines is 2. The number of nitrogens with one attached hydrogen (secondary N) is 2. The zero-order valence-electron chi connectivity index (χ0n) is 12.6. The van der Waals surface area contributed by atoms with Crippen molar-refractivity contribution < 1.29 is 4.79 Å². The smallest absolute Gasteiger partial charge is 0.256 e. The first-order valence-corrected chi connectivity index (χ1v) is 7.00. The molecule has 0 saturated carbocycles. The van der Waals surface area contributed by atoms with Crippen LogP contribution >= 0.6 is 0 Å². The number of amides is 1. The third-order valence-electron chi connectivity index (χ3n) is 2.88.